The molecule has 0 fully saturated rings. The van der Waals surface area contributed by atoms with Gasteiger partial charge in [-0.05, 0) is 11.6 Å². The zero-order valence-electron chi connectivity index (χ0n) is 10.4. The average molecular weight is 263 g/mol. The summed E-state index contributed by atoms with van der Waals surface area (Å²) in [6.07, 6.45) is 1.16. The minimum absolute atomic E-state index is 0.293. The van der Waals surface area contributed by atoms with Crippen LogP contribution in [0.5, 0.6) is 0 Å². The Bertz CT molecular complexity index is 446. The lowest BCUT2D eigenvalue weighted by Gasteiger charge is -2.21. The highest BCUT2D eigenvalue weighted by molar-refractivity contribution is 5.65. The molecule has 0 radical (unpaired) electrons. The molecule has 2 rings (SSSR count). The highest BCUT2D eigenvalue weighted by Crippen LogP contribution is 2.23. The van der Waals surface area contributed by atoms with E-state index < -0.39 is 18.3 Å². The summed E-state index contributed by atoms with van der Waals surface area (Å²) in [5.74, 6) is -0.309. The van der Waals surface area contributed by atoms with Gasteiger partial charge in [0.25, 0.3) is 0 Å². The number of hydrogen-bond donors (Lipinski definition) is 2. The lowest BCUT2D eigenvalue weighted by molar-refractivity contribution is -0.00431. The molecule has 1 amide bonds. The van der Waals surface area contributed by atoms with E-state index in [-0.39, 0.29) is 5.92 Å². The molecule has 5 nitrogen and oxygen atoms in total. The van der Waals surface area contributed by atoms with Crippen molar-refractivity contribution in [3.63, 3.8) is 0 Å². The number of primary amides is 1. The van der Waals surface area contributed by atoms with Gasteiger partial charge >= 0.3 is 6.09 Å². The summed E-state index contributed by atoms with van der Waals surface area (Å²) in [7, 11) is 0. The topological polar surface area (TPSA) is 81.8 Å². The van der Waals surface area contributed by atoms with Crippen LogP contribution in [0.4, 0.5) is 4.79 Å². The molecule has 0 saturated carbocycles. The van der Waals surface area contributed by atoms with Gasteiger partial charge in [0.2, 0.25) is 0 Å². The summed E-state index contributed by atoms with van der Waals surface area (Å²) in [5, 5.41) is 9.77. The lowest BCUT2D eigenvalue weighted by atomic mass is 10.0. The number of aliphatic hydroxyl groups is 1. The van der Waals surface area contributed by atoms with Gasteiger partial charge in [-0.25, -0.2) is 4.79 Å². The van der Waals surface area contributed by atoms with Gasteiger partial charge in [0, 0.05) is 0 Å². The quantitative estimate of drug-likeness (QED) is 0.782. The summed E-state index contributed by atoms with van der Waals surface area (Å²) in [6.45, 7) is 0.744. The summed E-state index contributed by atoms with van der Waals surface area (Å²) >= 11 is 0. The Hall–Kier alpha value is -1.85. The molecule has 0 heterocycles. The van der Waals surface area contributed by atoms with E-state index in [0.29, 0.717) is 13.2 Å². The Kier molecular flexibility index (Phi) is 4.54. The second-order valence-corrected chi connectivity index (χ2v) is 4.44. The van der Waals surface area contributed by atoms with Gasteiger partial charge in [-0.15, -0.1) is 0 Å². The van der Waals surface area contributed by atoms with Crippen LogP contribution in [0.3, 0.4) is 0 Å². The van der Waals surface area contributed by atoms with Gasteiger partial charge in [-0.3, -0.25) is 0 Å². The van der Waals surface area contributed by atoms with Gasteiger partial charge in [-0.1, -0.05) is 36.4 Å². The second kappa shape index (κ2) is 6.36. The van der Waals surface area contributed by atoms with Crippen molar-refractivity contribution >= 4 is 6.09 Å². The third kappa shape index (κ3) is 3.81. The molecule has 102 valence electrons. The number of carbonyl (C=O) groups excluding carboxylic acids is 1. The van der Waals surface area contributed by atoms with E-state index in [1.54, 1.807) is 12.2 Å². The van der Waals surface area contributed by atoms with Gasteiger partial charge in [0.1, 0.15) is 6.10 Å². The van der Waals surface area contributed by atoms with Crippen LogP contribution in [0, 0.1) is 5.92 Å². The summed E-state index contributed by atoms with van der Waals surface area (Å²) < 4.78 is 10.5. The Labute approximate surface area is 111 Å². The van der Waals surface area contributed by atoms with Crippen molar-refractivity contribution in [2.24, 2.45) is 11.7 Å². The molecular weight excluding hydrogens is 246 g/mol. The fraction of sp³-hybridized carbons (Fsp3) is 0.357. The van der Waals surface area contributed by atoms with Crippen molar-refractivity contribution in [1.82, 2.24) is 0 Å². The van der Waals surface area contributed by atoms with Crippen molar-refractivity contribution in [3.8, 4) is 0 Å². The van der Waals surface area contributed by atoms with Crippen LogP contribution >= 0.6 is 0 Å². The smallest absolute Gasteiger partial charge is 0.405 e. The van der Waals surface area contributed by atoms with Crippen LogP contribution in [0.1, 0.15) is 5.56 Å². The first-order valence-electron chi connectivity index (χ1n) is 6.11. The Morgan fingerprint density at radius 2 is 2.00 bits per heavy atom. The van der Waals surface area contributed by atoms with E-state index >= 15 is 0 Å². The number of benzene rings is 1. The lowest BCUT2D eigenvalue weighted by Crippen LogP contribution is -2.33. The third-order valence-corrected chi connectivity index (χ3v) is 3.03. The summed E-state index contributed by atoms with van der Waals surface area (Å²) in [4.78, 5) is 10.7. The monoisotopic (exact) mass is 263 g/mol. The first kappa shape index (κ1) is 13.6. The third-order valence-electron chi connectivity index (χ3n) is 3.03. The first-order valence-corrected chi connectivity index (χ1v) is 6.11. The molecule has 5 heteroatoms. The highest BCUT2D eigenvalue weighted by atomic mass is 16.6. The van der Waals surface area contributed by atoms with E-state index in [4.69, 9.17) is 15.2 Å². The minimum atomic E-state index is -0.850. The number of rotatable bonds is 5. The standard InChI is InChI=1S/C14H17NO4/c15-14(17)19-13-7-6-12(16)11(13)9-18-8-10-4-2-1-3-5-10/h1-7,11-13,16H,8-9H2,(H2,15,17)/t11-,12+,13-/m0/s1. The predicted octanol–water partition coefficient (Wildman–Crippen LogP) is 1.21. The maximum Gasteiger partial charge on any atom is 0.405 e. The first-order chi connectivity index (χ1) is 9.16. The minimum Gasteiger partial charge on any atom is -0.442 e. The van der Waals surface area contributed by atoms with Crippen molar-refractivity contribution in [3.05, 3.63) is 48.0 Å². The zero-order valence-corrected chi connectivity index (χ0v) is 10.4. The van der Waals surface area contributed by atoms with Crippen molar-refractivity contribution in [1.29, 1.82) is 0 Å². The fourth-order valence-electron chi connectivity index (χ4n) is 2.04. The van der Waals surface area contributed by atoms with Gasteiger partial charge in [0.05, 0.1) is 25.2 Å². The zero-order chi connectivity index (χ0) is 13.7. The van der Waals surface area contributed by atoms with Crippen molar-refractivity contribution in [2.75, 3.05) is 6.61 Å². The molecular formula is C14H17NO4. The molecule has 19 heavy (non-hydrogen) atoms. The summed E-state index contributed by atoms with van der Waals surface area (Å²) in [6, 6.07) is 9.72. The Balaban J connectivity index is 1.82. The van der Waals surface area contributed by atoms with Gasteiger partial charge in [-0.2, -0.15) is 0 Å². The number of hydrogen-bond acceptors (Lipinski definition) is 4. The molecule has 0 bridgehead atoms. The Morgan fingerprint density at radius 3 is 2.68 bits per heavy atom. The number of amides is 1. The van der Waals surface area contributed by atoms with E-state index in [1.165, 1.54) is 0 Å². The maximum absolute atomic E-state index is 10.7. The number of ether oxygens (including phenoxy) is 2. The molecule has 0 aromatic heterocycles. The largest absolute Gasteiger partial charge is 0.442 e. The summed E-state index contributed by atoms with van der Waals surface area (Å²) in [5.41, 5.74) is 6.03. The molecule has 0 saturated heterocycles. The molecule has 3 atom stereocenters. The van der Waals surface area contributed by atoms with Crippen LogP contribution in [-0.2, 0) is 16.1 Å². The predicted molar refractivity (Wildman–Crippen MR) is 69.2 cm³/mol. The van der Waals surface area contributed by atoms with Crippen molar-refractivity contribution < 1.29 is 19.4 Å². The van der Waals surface area contributed by atoms with Crippen LogP contribution in [0.2, 0.25) is 0 Å². The van der Waals surface area contributed by atoms with Gasteiger partial charge in [0.15, 0.2) is 0 Å². The van der Waals surface area contributed by atoms with Crippen LogP contribution in [0.15, 0.2) is 42.5 Å². The fourth-order valence-corrected chi connectivity index (χ4v) is 2.04. The molecule has 0 unspecified atom stereocenters. The SMILES string of the molecule is NC(=O)O[C@H]1C=C[C@@H](O)[C@@H]1COCc1ccccc1. The normalized spacial score (nSPS) is 25.4. The average Bonchev–Trinajstić information content (AvgIpc) is 2.72. The van der Waals surface area contributed by atoms with E-state index in [9.17, 15) is 9.90 Å². The number of aliphatic hydroxyl groups excluding tert-OH is 1. The molecule has 1 aromatic carbocycles. The van der Waals surface area contributed by atoms with Crippen LogP contribution < -0.4 is 5.73 Å². The van der Waals surface area contributed by atoms with Crippen LogP contribution in [0.25, 0.3) is 0 Å². The number of nitrogens with two attached hydrogens (primary N) is 1. The van der Waals surface area contributed by atoms with E-state index in [1.807, 2.05) is 30.3 Å². The number of carbonyl (C=O) groups is 1. The van der Waals surface area contributed by atoms with Crippen LogP contribution in [-0.4, -0.2) is 30.0 Å². The maximum atomic E-state index is 10.7. The highest BCUT2D eigenvalue weighted by Gasteiger charge is 2.33. The molecule has 1 aliphatic carbocycles. The molecule has 0 aliphatic heterocycles. The molecule has 1 aromatic rings. The Morgan fingerprint density at radius 1 is 1.26 bits per heavy atom. The van der Waals surface area contributed by atoms with E-state index in [0.717, 1.165) is 5.56 Å². The molecule has 0 spiro atoms. The van der Waals surface area contributed by atoms with E-state index in [2.05, 4.69) is 0 Å². The van der Waals surface area contributed by atoms with Gasteiger partial charge < -0.3 is 20.3 Å². The van der Waals surface area contributed by atoms with Crippen molar-refractivity contribution in [2.45, 2.75) is 18.8 Å². The molecule has 3 N–H and O–H groups in total. The molecule has 1 aliphatic rings. The second-order valence-electron chi connectivity index (χ2n) is 4.44.